The maximum atomic E-state index is 12.1. The van der Waals surface area contributed by atoms with Crippen molar-refractivity contribution in [1.29, 1.82) is 0 Å². The SMILES string of the molecule is CCCNC(=O)CN(C)C(=O)CSc1n[nH]c(-c2ccccc2)n1. The minimum Gasteiger partial charge on any atom is -0.355 e. The lowest BCUT2D eigenvalue weighted by Gasteiger charge is -2.15. The molecule has 128 valence electrons. The van der Waals surface area contributed by atoms with Gasteiger partial charge in [0.05, 0.1) is 12.3 Å². The third-order valence-electron chi connectivity index (χ3n) is 3.22. The lowest BCUT2D eigenvalue weighted by Crippen LogP contribution is -2.39. The summed E-state index contributed by atoms with van der Waals surface area (Å²) >= 11 is 1.24. The summed E-state index contributed by atoms with van der Waals surface area (Å²) in [6.07, 6.45) is 0.869. The van der Waals surface area contributed by atoms with Crippen LogP contribution in [-0.2, 0) is 9.59 Å². The maximum absolute atomic E-state index is 12.1. The second-order valence-electron chi connectivity index (χ2n) is 5.22. The van der Waals surface area contributed by atoms with Gasteiger partial charge in [-0.1, -0.05) is 49.0 Å². The van der Waals surface area contributed by atoms with Crippen LogP contribution in [0.3, 0.4) is 0 Å². The number of hydrogen-bond acceptors (Lipinski definition) is 5. The van der Waals surface area contributed by atoms with Crippen LogP contribution in [0.2, 0.25) is 0 Å². The van der Waals surface area contributed by atoms with E-state index in [0.717, 1.165) is 12.0 Å². The van der Waals surface area contributed by atoms with Crippen molar-refractivity contribution in [2.45, 2.75) is 18.5 Å². The Kier molecular flexibility index (Phi) is 6.80. The molecule has 8 heteroatoms. The van der Waals surface area contributed by atoms with Gasteiger partial charge in [0.2, 0.25) is 17.0 Å². The summed E-state index contributed by atoms with van der Waals surface area (Å²) in [5, 5.41) is 10.2. The number of benzene rings is 1. The van der Waals surface area contributed by atoms with Gasteiger partial charge >= 0.3 is 0 Å². The predicted octanol–water partition coefficient (Wildman–Crippen LogP) is 1.55. The molecule has 7 nitrogen and oxygen atoms in total. The maximum Gasteiger partial charge on any atom is 0.239 e. The number of rotatable bonds is 8. The van der Waals surface area contributed by atoms with E-state index < -0.39 is 0 Å². The highest BCUT2D eigenvalue weighted by Crippen LogP contribution is 2.18. The average molecular weight is 347 g/mol. The van der Waals surface area contributed by atoms with Crippen LogP contribution < -0.4 is 5.32 Å². The second kappa shape index (κ2) is 9.07. The normalized spacial score (nSPS) is 10.4. The summed E-state index contributed by atoms with van der Waals surface area (Å²) < 4.78 is 0. The molecule has 2 aromatic rings. The Morgan fingerprint density at radius 3 is 2.75 bits per heavy atom. The Bertz CT molecular complexity index is 674. The van der Waals surface area contributed by atoms with Crippen LogP contribution in [0, 0.1) is 0 Å². The van der Waals surface area contributed by atoms with E-state index in [9.17, 15) is 9.59 Å². The van der Waals surface area contributed by atoms with Gasteiger partial charge in [-0.25, -0.2) is 4.98 Å². The third-order valence-corrected chi connectivity index (χ3v) is 4.05. The van der Waals surface area contributed by atoms with Crippen molar-refractivity contribution in [2.75, 3.05) is 25.9 Å². The molecular weight excluding hydrogens is 326 g/mol. The Balaban J connectivity index is 1.81. The summed E-state index contributed by atoms with van der Waals surface area (Å²) in [5.41, 5.74) is 0.938. The first-order chi connectivity index (χ1) is 11.6. The smallest absolute Gasteiger partial charge is 0.239 e. The zero-order valence-corrected chi connectivity index (χ0v) is 14.6. The number of carbonyl (C=O) groups excluding carboxylic acids is 2. The average Bonchev–Trinajstić information content (AvgIpc) is 3.07. The first kappa shape index (κ1) is 18.0. The van der Waals surface area contributed by atoms with Gasteiger partial charge in [-0.05, 0) is 6.42 Å². The molecular formula is C16H21N5O2S. The predicted molar refractivity (Wildman–Crippen MR) is 93.5 cm³/mol. The highest BCUT2D eigenvalue weighted by atomic mass is 32.2. The van der Waals surface area contributed by atoms with E-state index in [4.69, 9.17) is 0 Å². The van der Waals surface area contributed by atoms with Crippen molar-refractivity contribution in [3.05, 3.63) is 30.3 Å². The van der Waals surface area contributed by atoms with Gasteiger partial charge in [0.1, 0.15) is 0 Å². The van der Waals surface area contributed by atoms with E-state index in [0.29, 0.717) is 17.5 Å². The van der Waals surface area contributed by atoms with Gasteiger partial charge in [0.15, 0.2) is 5.82 Å². The largest absolute Gasteiger partial charge is 0.355 e. The van der Waals surface area contributed by atoms with Crippen molar-refractivity contribution in [2.24, 2.45) is 0 Å². The molecule has 0 bridgehead atoms. The molecule has 0 spiro atoms. The van der Waals surface area contributed by atoms with Gasteiger partial charge in [0.25, 0.3) is 0 Å². The fraction of sp³-hybridized carbons (Fsp3) is 0.375. The van der Waals surface area contributed by atoms with Gasteiger partial charge in [-0.2, -0.15) is 0 Å². The number of amides is 2. The van der Waals surface area contributed by atoms with E-state index in [1.54, 1.807) is 7.05 Å². The lowest BCUT2D eigenvalue weighted by atomic mass is 10.2. The number of nitrogens with one attached hydrogen (secondary N) is 2. The van der Waals surface area contributed by atoms with Crippen LogP contribution in [0.25, 0.3) is 11.4 Å². The lowest BCUT2D eigenvalue weighted by molar-refractivity contribution is -0.132. The first-order valence-electron chi connectivity index (χ1n) is 7.71. The van der Waals surface area contributed by atoms with Gasteiger partial charge in [-0.3, -0.25) is 14.7 Å². The third kappa shape index (κ3) is 5.38. The van der Waals surface area contributed by atoms with Crippen LogP contribution in [0.4, 0.5) is 0 Å². The monoisotopic (exact) mass is 347 g/mol. The van der Waals surface area contributed by atoms with E-state index in [-0.39, 0.29) is 24.1 Å². The number of nitrogens with zero attached hydrogens (tertiary/aromatic N) is 3. The Hall–Kier alpha value is -2.35. The quantitative estimate of drug-likeness (QED) is 0.707. The molecule has 2 amide bonds. The summed E-state index contributed by atoms with van der Waals surface area (Å²) in [4.78, 5) is 29.4. The van der Waals surface area contributed by atoms with Crippen molar-refractivity contribution < 1.29 is 9.59 Å². The van der Waals surface area contributed by atoms with E-state index in [1.165, 1.54) is 16.7 Å². The molecule has 0 aliphatic heterocycles. The van der Waals surface area contributed by atoms with Crippen LogP contribution in [0.5, 0.6) is 0 Å². The fourth-order valence-electron chi connectivity index (χ4n) is 1.90. The molecule has 0 atom stereocenters. The number of aromatic amines is 1. The molecule has 1 aromatic heterocycles. The summed E-state index contributed by atoms with van der Waals surface area (Å²) in [6, 6.07) is 9.64. The van der Waals surface area contributed by atoms with Gasteiger partial charge in [0, 0.05) is 19.2 Å². The molecule has 0 saturated carbocycles. The molecule has 0 fully saturated rings. The number of carbonyl (C=O) groups is 2. The fourth-order valence-corrected chi connectivity index (χ4v) is 2.64. The molecule has 0 saturated heterocycles. The summed E-state index contributed by atoms with van der Waals surface area (Å²) in [6.45, 7) is 2.66. The van der Waals surface area contributed by atoms with E-state index in [2.05, 4.69) is 20.5 Å². The van der Waals surface area contributed by atoms with Crippen LogP contribution in [0.15, 0.2) is 35.5 Å². The number of aromatic nitrogens is 3. The van der Waals surface area contributed by atoms with Crippen molar-refractivity contribution in [1.82, 2.24) is 25.4 Å². The van der Waals surface area contributed by atoms with Gasteiger partial charge in [-0.15, -0.1) is 5.10 Å². The molecule has 1 heterocycles. The molecule has 2 N–H and O–H groups in total. The highest BCUT2D eigenvalue weighted by Gasteiger charge is 2.14. The van der Waals surface area contributed by atoms with E-state index >= 15 is 0 Å². The standard InChI is InChI=1S/C16H21N5O2S/c1-3-9-17-13(22)10-21(2)14(23)11-24-16-18-15(19-20-16)12-7-5-4-6-8-12/h4-8H,3,9-11H2,1-2H3,(H,17,22)(H,18,19,20). The van der Waals surface area contributed by atoms with Crippen molar-refractivity contribution >= 4 is 23.6 Å². The first-order valence-corrected chi connectivity index (χ1v) is 8.70. The molecule has 1 aromatic carbocycles. The zero-order valence-electron chi connectivity index (χ0n) is 13.8. The minimum absolute atomic E-state index is 0.0582. The summed E-state index contributed by atoms with van der Waals surface area (Å²) in [5.74, 6) is 0.557. The number of thioether (sulfide) groups is 1. The van der Waals surface area contributed by atoms with Crippen LogP contribution in [-0.4, -0.2) is 57.8 Å². The van der Waals surface area contributed by atoms with Crippen molar-refractivity contribution in [3.63, 3.8) is 0 Å². The topological polar surface area (TPSA) is 91.0 Å². The van der Waals surface area contributed by atoms with Crippen LogP contribution >= 0.6 is 11.8 Å². The Labute approximate surface area is 145 Å². The number of likely N-dealkylation sites (N-methyl/N-ethyl adjacent to an activating group) is 1. The molecule has 24 heavy (non-hydrogen) atoms. The van der Waals surface area contributed by atoms with Gasteiger partial charge < -0.3 is 10.2 Å². The molecule has 0 aliphatic rings. The molecule has 2 rings (SSSR count). The summed E-state index contributed by atoms with van der Waals surface area (Å²) in [7, 11) is 1.61. The minimum atomic E-state index is -0.151. The molecule has 0 radical (unpaired) electrons. The number of H-pyrrole nitrogens is 1. The Morgan fingerprint density at radius 2 is 2.04 bits per heavy atom. The molecule has 0 unspecified atom stereocenters. The van der Waals surface area contributed by atoms with Crippen LogP contribution in [0.1, 0.15) is 13.3 Å². The molecule has 0 aliphatic carbocycles. The zero-order chi connectivity index (χ0) is 17.4. The Morgan fingerprint density at radius 1 is 1.29 bits per heavy atom. The van der Waals surface area contributed by atoms with Crippen molar-refractivity contribution in [3.8, 4) is 11.4 Å². The number of hydrogen-bond donors (Lipinski definition) is 2. The van der Waals surface area contributed by atoms with E-state index in [1.807, 2.05) is 37.3 Å². The second-order valence-corrected chi connectivity index (χ2v) is 6.16. The highest BCUT2D eigenvalue weighted by molar-refractivity contribution is 7.99.